The molecule has 2 N–H and O–H groups in total. The summed E-state index contributed by atoms with van der Waals surface area (Å²) in [4.78, 5) is 28.2. The van der Waals surface area contributed by atoms with Gasteiger partial charge in [-0.05, 0) is 62.1 Å². The standard InChI is InChI=1S/C21H27FN4O5S/c22-17-7-6-16(12-18(17)31-13-15-4-5-15)21(8-9-21)25-32(29,30)11-3-1-2-10-26-14-23-19(27)24-20(26)28/h6-7,12,14-15,25H,1-5,8-11,13H2,(H,24,27,28). The predicted octanol–water partition coefficient (Wildman–Crippen LogP) is 1.64. The van der Waals surface area contributed by atoms with Crippen LogP contribution in [0.5, 0.6) is 5.75 Å². The lowest BCUT2D eigenvalue weighted by Gasteiger charge is -2.19. The number of nitrogens with zero attached hydrogens (tertiary/aromatic N) is 2. The summed E-state index contributed by atoms with van der Waals surface area (Å²) in [5.41, 5.74) is -1.20. The van der Waals surface area contributed by atoms with Gasteiger partial charge in [0.25, 0.3) is 0 Å². The maximum atomic E-state index is 14.1. The first-order chi connectivity index (χ1) is 15.3. The Morgan fingerprint density at radius 2 is 2.00 bits per heavy atom. The second kappa shape index (κ2) is 9.14. The van der Waals surface area contributed by atoms with Crippen molar-refractivity contribution in [3.8, 4) is 5.75 Å². The number of ether oxygens (including phenoxy) is 1. The van der Waals surface area contributed by atoms with Crippen LogP contribution in [0.2, 0.25) is 0 Å². The molecule has 0 saturated heterocycles. The van der Waals surface area contributed by atoms with Crippen LogP contribution in [0.4, 0.5) is 4.39 Å². The van der Waals surface area contributed by atoms with Gasteiger partial charge in [0.1, 0.15) is 6.33 Å². The summed E-state index contributed by atoms with van der Waals surface area (Å²) in [6, 6.07) is 4.56. The minimum atomic E-state index is -3.54. The van der Waals surface area contributed by atoms with Crippen LogP contribution >= 0.6 is 0 Å². The Morgan fingerprint density at radius 3 is 2.69 bits per heavy atom. The van der Waals surface area contributed by atoms with Crippen LogP contribution in [0.25, 0.3) is 0 Å². The molecule has 1 heterocycles. The monoisotopic (exact) mass is 466 g/mol. The van der Waals surface area contributed by atoms with E-state index >= 15 is 0 Å². The van der Waals surface area contributed by atoms with Crippen molar-refractivity contribution < 1.29 is 17.5 Å². The van der Waals surface area contributed by atoms with E-state index in [2.05, 4.69) is 14.7 Å². The lowest BCUT2D eigenvalue weighted by Crippen LogP contribution is -2.36. The van der Waals surface area contributed by atoms with Gasteiger partial charge in [0.05, 0.1) is 17.9 Å². The number of rotatable bonds is 12. The molecule has 32 heavy (non-hydrogen) atoms. The van der Waals surface area contributed by atoms with Crippen LogP contribution in [0.15, 0.2) is 34.1 Å². The van der Waals surface area contributed by atoms with Gasteiger partial charge in [-0.15, -0.1) is 0 Å². The van der Waals surface area contributed by atoms with Crippen LogP contribution in [0.3, 0.4) is 0 Å². The van der Waals surface area contributed by atoms with E-state index in [4.69, 9.17) is 4.74 Å². The van der Waals surface area contributed by atoms with E-state index in [-0.39, 0.29) is 11.5 Å². The molecular formula is C21H27FN4O5S. The highest BCUT2D eigenvalue weighted by molar-refractivity contribution is 7.89. The fourth-order valence-corrected chi connectivity index (χ4v) is 5.21. The molecule has 0 amide bonds. The first-order valence-corrected chi connectivity index (χ1v) is 12.5. The Labute approximate surface area is 185 Å². The van der Waals surface area contributed by atoms with Gasteiger partial charge in [0.2, 0.25) is 10.0 Å². The molecule has 2 aliphatic carbocycles. The highest BCUT2D eigenvalue weighted by atomic mass is 32.2. The van der Waals surface area contributed by atoms with Crippen molar-refractivity contribution >= 4 is 10.0 Å². The highest BCUT2D eigenvalue weighted by Gasteiger charge is 2.47. The van der Waals surface area contributed by atoms with Crippen molar-refractivity contribution in [2.75, 3.05) is 12.4 Å². The molecule has 174 valence electrons. The molecular weight excluding hydrogens is 439 g/mol. The fraction of sp³-hybridized carbons (Fsp3) is 0.571. The smallest absolute Gasteiger partial charge is 0.350 e. The summed E-state index contributed by atoms with van der Waals surface area (Å²) in [6.45, 7) is 0.833. The minimum absolute atomic E-state index is 0.0419. The van der Waals surface area contributed by atoms with Crippen molar-refractivity contribution in [3.05, 3.63) is 56.9 Å². The molecule has 9 nitrogen and oxygen atoms in total. The normalized spacial score (nSPS) is 17.3. The summed E-state index contributed by atoms with van der Waals surface area (Å²) in [5, 5.41) is 0. The summed E-state index contributed by atoms with van der Waals surface area (Å²) in [7, 11) is -3.54. The SMILES string of the molecule is O=c1ncn(CCCCCS(=O)(=O)NC2(c3ccc(F)c(OCC4CC4)c3)CC2)c(=O)[nH]1. The molecule has 0 atom stereocenters. The zero-order valence-corrected chi connectivity index (χ0v) is 18.5. The van der Waals surface area contributed by atoms with Gasteiger partial charge in [0.15, 0.2) is 11.6 Å². The molecule has 0 radical (unpaired) electrons. The Morgan fingerprint density at radius 1 is 1.22 bits per heavy atom. The molecule has 0 aliphatic heterocycles. The number of hydrogen-bond acceptors (Lipinski definition) is 6. The van der Waals surface area contributed by atoms with Gasteiger partial charge in [-0.3, -0.25) is 9.55 Å². The Hall–Kier alpha value is -2.53. The minimum Gasteiger partial charge on any atom is -0.490 e. The molecule has 1 aromatic heterocycles. The topological polar surface area (TPSA) is 123 Å². The Balaban J connectivity index is 1.28. The second-order valence-electron chi connectivity index (χ2n) is 8.64. The Kier molecular flexibility index (Phi) is 6.47. The predicted molar refractivity (Wildman–Crippen MR) is 115 cm³/mol. The first-order valence-electron chi connectivity index (χ1n) is 10.9. The van der Waals surface area contributed by atoms with Crippen LogP contribution < -0.4 is 20.8 Å². The maximum absolute atomic E-state index is 14.1. The zero-order valence-electron chi connectivity index (χ0n) is 17.7. The third-order valence-corrected chi connectivity index (χ3v) is 7.39. The van der Waals surface area contributed by atoms with Crippen molar-refractivity contribution in [2.45, 2.75) is 57.0 Å². The highest BCUT2D eigenvalue weighted by Crippen LogP contribution is 2.47. The summed E-state index contributed by atoms with van der Waals surface area (Å²) >= 11 is 0. The lowest BCUT2D eigenvalue weighted by atomic mass is 10.1. The number of H-pyrrole nitrogens is 1. The molecule has 0 unspecified atom stereocenters. The van der Waals surface area contributed by atoms with Gasteiger partial charge in [-0.25, -0.2) is 27.1 Å². The average Bonchev–Trinajstić information content (AvgIpc) is 3.65. The molecule has 0 bridgehead atoms. The molecule has 2 saturated carbocycles. The number of halogens is 1. The van der Waals surface area contributed by atoms with Crippen molar-refractivity contribution in [2.24, 2.45) is 5.92 Å². The third kappa shape index (κ3) is 5.83. The van der Waals surface area contributed by atoms with Gasteiger partial charge >= 0.3 is 11.4 Å². The van der Waals surface area contributed by atoms with Gasteiger partial charge in [-0.2, -0.15) is 4.98 Å². The van der Waals surface area contributed by atoms with Crippen LogP contribution in [0, 0.1) is 11.7 Å². The number of hydrogen-bond donors (Lipinski definition) is 2. The zero-order chi connectivity index (χ0) is 22.8. The van der Waals surface area contributed by atoms with Gasteiger partial charge in [-0.1, -0.05) is 12.5 Å². The molecule has 1 aromatic carbocycles. The quantitative estimate of drug-likeness (QED) is 0.459. The summed E-state index contributed by atoms with van der Waals surface area (Å²) < 4.78 is 49.0. The number of aryl methyl sites for hydroxylation is 1. The number of sulfonamides is 1. The number of benzene rings is 1. The van der Waals surface area contributed by atoms with Crippen LogP contribution in [-0.2, 0) is 22.1 Å². The maximum Gasteiger partial charge on any atom is 0.350 e. The third-order valence-electron chi connectivity index (χ3n) is 5.86. The van der Waals surface area contributed by atoms with E-state index in [1.807, 2.05) is 0 Å². The Bertz CT molecular complexity index is 1190. The van der Waals surface area contributed by atoms with E-state index in [1.165, 1.54) is 17.0 Å². The number of unbranched alkanes of at least 4 members (excludes halogenated alkanes) is 2. The molecule has 0 spiro atoms. The lowest BCUT2D eigenvalue weighted by molar-refractivity contribution is 0.284. The van der Waals surface area contributed by atoms with Crippen molar-refractivity contribution in [1.29, 1.82) is 0 Å². The van der Waals surface area contributed by atoms with Crippen LogP contribution in [0.1, 0.15) is 50.5 Å². The average molecular weight is 467 g/mol. The van der Waals surface area contributed by atoms with E-state index in [0.29, 0.717) is 51.2 Å². The summed E-state index contributed by atoms with van der Waals surface area (Å²) in [5.74, 6) is 0.182. The summed E-state index contributed by atoms with van der Waals surface area (Å²) in [6.07, 6.45) is 6.29. The van der Waals surface area contributed by atoms with Gasteiger partial charge < -0.3 is 4.74 Å². The molecule has 4 rings (SSSR count). The van der Waals surface area contributed by atoms with E-state index < -0.39 is 32.8 Å². The molecule has 2 aromatic rings. The molecule has 2 aliphatic rings. The van der Waals surface area contributed by atoms with E-state index in [1.54, 1.807) is 12.1 Å². The van der Waals surface area contributed by atoms with Gasteiger partial charge in [0, 0.05) is 6.54 Å². The molecule has 11 heteroatoms. The van der Waals surface area contributed by atoms with E-state index in [0.717, 1.165) is 18.4 Å². The number of nitrogens with one attached hydrogen (secondary N) is 2. The first kappa shape index (κ1) is 22.7. The number of aromatic nitrogens is 3. The number of aromatic amines is 1. The fourth-order valence-electron chi connectivity index (χ4n) is 3.61. The van der Waals surface area contributed by atoms with E-state index in [9.17, 15) is 22.4 Å². The second-order valence-corrected chi connectivity index (χ2v) is 10.5. The van der Waals surface area contributed by atoms with Crippen molar-refractivity contribution in [1.82, 2.24) is 19.3 Å². The van der Waals surface area contributed by atoms with Crippen molar-refractivity contribution in [3.63, 3.8) is 0 Å². The molecule has 2 fully saturated rings. The largest absolute Gasteiger partial charge is 0.490 e. The van der Waals surface area contributed by atoms with Crippen LogP contribution in [-0.4, -0.2) is 35.3 Å².